The topological polar surface area (TPSA) is 79.4 Å². The summed E-state index contributed by atoms with van der Waals surface area (Å²) in [4.78, 5) is 16.4. The van der Waals surface area contributed by atoms with Gasteiger partial charge < -0.3 is 5.32 Å². The summed E-state index contributed by atoms with van der Waals surface area (Å²) in [6.45, 7) is -0.150. The quantitative estimate of drug-likeness (QED) is 0.734. The minimum Gasteiger partial charge on any atom is -0.350 e. The van der Waals surface area contributed by atoms with Crippen LogP contribution in [-0.4, -0.2) is 25.9 Å². The van der Waals surface area contributed by atoms with Gasteiger partial charge in [0.2, 0.25) is 5.91 Å². The third kappa shape index (κ3) is 3.22. The minimum atomic E-state index is -3.95. The highest BCUT2D eigenvalue weighted by Crippen LogP contribution is 2.42. The molecule has 0 saturated carbocycles. The van der Waals surface area contributed by atoms with Crippen molar-refractivity contribution in [2.24, 2.45) is 0 Å². The van der Waals surface area contributed by atoms with E-state index in [1.54, 1.807) is 42.7 Å². The van der Waals surface area contributed by atoms with Crippen LogP contribution in [0.25, 0.3) is 11.1 Å². The van der Waals surface area contributed by atoms with Crippen LogP contribution >= 0.6 is 0 Å². The molecule has 3 aromatic rings. The third-order valence-corrected chi connectivity index (χ3v) is 6.32. The van der Waals surface area contributed by atoms with Gasteiger partial charge in [-0.3, -0.25) is 14.1 Å². The number of aromatic nitrogens is 1. The predicted octanol–water partition coefficient (Wildman–Crippen LogP) is 2.71. The standard InChI is InChI=1S/C20H16FN3O3S/c21-15-5-6-18-17(11-15)16-3-1-2-4-19(16)28(26,27)24(18)13-20(25)23-12-14-7-9-22-10-8-14/h1-11H,12-13H2,(H,23,25). The zero-order chi connectivity index (χ0) is 19.7. The Morgan fingerprint density at radius 3 is 2.57 bits per heavy atom. The number of amides is 1. The Kier molecular flexibility index (Phi) is 4.56. The lowest BCUT2D eigenvalue weighted by Gasteiger charge is -2.31. The number of halogens is 1. The number of pyridine rings is 1. The second-order valence-electron chi connectivity index (χ2n) is 6.30. The van der Waals surface area contributed by atoms with Crippen LogP contribution in [0.5, 0.6) is 0 Å². The number of hydrogen-bond acceptors (Lipinski definition) is 4. The summed E-state index contributed by atoms with van der Waals surface area (Å²) >= 11 is 0. The number of fused-ring (bicyclic) bond motifs is 3. The molecule has 1 N–H and O–H groups in total. The van der Waals surface area contributed by atoms with E-state index in [-0.39, 0.29) is 17.1 Å². The lowest BCUT2D eigenvalue weighted by atomic mass is 10.0. The van der Waals surface area contributed by atoms with Crippen molar-refractivity contribution in [1.82, 2.24) is 10.3 Å². The Hall–Kier alpha value is -3.26. The molecule has 0 fully saturated rings. The fourth-order valence-corrected chi connectivity index (χ4v) is 4.81. The molecule has 1 aromatic heterocycles. The van der Waals surface area contributed by atoms with E-state index < -0.39 is 28.3 Å². The summed E-state index contributed by atoms with van der Waals surface area (Å²) in [5.41, 5.74) is 1.98. The van der Waals surface area contributed by atoms with Crippen molar-refractivity contribution in [3.05, 3.63) is 78.4 Å². The molecule has 1 amide bonds. The summed E-state index contributed by atoms with van der Waals surface area (Å²) in [6, 6.07) is 13.7. The Bertz CT molecular complexity index is 1150. The SMILES string of the molecule is O=C(CN1c2ccc(F)cc2-c2ccccc2S1(=O)=O)NCc1ccncc1. The number of sulfonamides is 1. The molecular formula is C20H16FN3O3S. The van der Waals surface area contributed by atoms with E-state index in [1.807, 2.05) is 0 Å². The highest BCUT2D eigenvalue weighted by Gasteiger charge is 2.35. The van der Waals surface area contributed by atoms with Crippen molar-refractivity contribution in [2.75, 3.05) is 10.8 Å². The normalized spacial score (nSPS) is 14.1. The van der Waals surface area contributed by atoms with Crippen LogP contribution in [0.2, 0.25) is 0 Å². The molecule has 0 radical (unpaired) electrons. The maximum atomic E-state index is 13.8. The number of benzene rings is 2. The maximum Gasteiger partial charge on any atom is 0.265 e. The second kappa shape index (κ2) is 7.05. The molecule has 0 atom stereocenters. The summed E-state index contributed by atoms with van der Waals surface area (Å²) < 4.78 is 41.1. The monoisotopic (exact) mass is 397 g/mol. The zero-order valence-corrected chi connectivity index (χ0v) is 15.5. The number of nitrogens with zero attached hydrogens (tertiary/aromatic N) is 2. The first kappa shape index (κ1) is 18.1. The zero-order valence-electron chi connectivity index (χ0n) is 14.7. The highest BCUT2D eigenvalue weighted by molar-refractivity contribution is 7.93. The van der Waals surface area contributed by atoms with E-state index in [9.17, 15) is 17.6 Å². The Morgan fingerprint density at radius 1 is 1.04 bits per heavy atom. The number of rotatable bonds is 4. The summed E-state index contributed by atoms with van der Waals surface area (Å²) in [7, 11) is -3.95. The van der Waals surface area contributed by atoms with Crippen molar-refractivity contribution >= 4 is 21.6 Å². The van der Waals surface area contributed by atoms with Gasteiger partial charge in [-0.1, -0.05) is 18.2 Å². The first-order valence-electron chi connectivity index (χ1n) is 8.54. The first-order valence-corrected chi connectivity index (χ1v) is 9.98. The number of nitrogens with one attached hydrogen (secondary N) is 1. The van der Waals surface area contributed by atoms with Crippen molar-refractivity contribution in [1.29, 1.82) is 0 Å². The predicted molar refractivity (Wildman–Crippen MR) is 102 cm³/mol. The molecule has 6 nitrogen and oxygen atoms in total. The van der Waals surface area contributed by atoms with Crippen LogP contribution in [0, 0.1) is 5.82 Å². The van der Waals surface area contributed by atoms with E-state index in [2.05, 4.69) is 10.3 Å². The van der Waals surface area contributed by atoms with Gasteiger partial charge in [0.05, 0.1) is 10.6 Å². The first-order chi connectivity index (χ1) is 13.5. The number of hydrogen-bond donors (Lipinski definition) is 1. The van der Waals surface area contributed by atoms with Crippen molar-refractivity contribution < 1.29 is 17.6 Å². The minimum absolute atomic E-state index is 0.0510. The number of carbonyl (C=O) groups excluding carboxylic acids is 1. The van der Waals surface area contributed by atoms with Gasteiger partial charge in [-0.05, 0) is 42.0 Å². The van der Waals surface area contributed by atoms with E-state index >= 15 is 0 Å². The maximum absolute atomic E-state index is 13.8. The molecule has 4 rings (SSSR count). The third-order valence-electron chi connectivity index (χ3n) is 4.50. The second-order valence-corrected chi connectivity index (χ2v) is 8.13. The molecule has 0 unspecified atom stereocenters. The molecule has 1 aliphatic heterocycles. The van der Waals surface area contributed by atoms with E-state index in [4.69, 9.17) is 0 Å². The Balaban J connectivity index is 1.66. The van der Waals surface area contributed by atoms with Gasteiger partial charge in [0.15, 0.2) is 0 Å². The molecule has 0 saturated heterocycles. The van der Waals surface area contributed by atoms with E-state index in [1.165, 1.54) is 24.3 Å². The average molecular weight is 397 g/mol. The number of anilines is 1. The fourth-order valence-electron chi connectivity index (χ4n) is 3.16. The molecule has 2 heterocycles. The lowest BCUT2D eigenvalue weighted by Crippen LogP contribution is -2.42. The molecule has 142 valence electrons. The summed E-state index contributed by atoms with van der Waals surface area (Å²) in [6.07, 6.45) is 3.22. The molecule has 1 aliphatic rings. The van der Waals surface area contributed by atoms with Crippen molar-refractivity contribution in [3.8, 4) is 11.1 Å². The average Bonchev–Trinajstić information content (AvgIpc) is 2.71. The van der Waals surface area contributed by atoms with Gasteiger partial charge in [-0.25, -0.2) is 12.8 Å². The largest absolute Gasteiger partial charge is 0.350 e. The van der Waals surface area contributed by atoms with Gasteiger partial charge in [-0.15, -0.1) is 0 Å². The molecule has 2 aromatic carbocycles. The van der Waals surface area contributed by atoms with Crippen molar-refractivity contribution in [2.45, 2.75) is 11.4 Å². The van der Waals surface area contributed by atoms with E-state index in [0.717, 1.165) is 9.87 Å². The highest BCUT2D eigenvalue weighted by atomic mass is 32.2. The van der Waals surface area contributed by atoms with Crippen LogP contribution in [0.4, 0.5) is 10.1 Å². The Morgan fingerprint density at radius 2 is 1.79 bits per heavy atom. The lowest BCUT2D eigenvalue weighted by molar-refractivity contribution is -0.119. The van der Waals surface area contributed by atoms with Gasteiger partial charge in [0, 0.05) is 30.1 Å². The smallest absolute Gasteiger partial charge is 0.265 e. The van der Waals surface area contributed by atoms with Crippen LogP contribution in [0.3, 0.4) is 0 Å². The van der Waals surface area contributed by atoms with Crippen LogP contribution in [0.1, 0.15) is 5.56 Å². The molecule has 0 aliphatic carbocycles. The number of carbonyl (C=O) groups is 1. The van der Waals surface area contributed by atoms with Gasteiger partial charge in [0.1, 0.15) is 12.4 Å². The molecule has 0 spiro atoms. The molecule has 28 heavy (non-hydrogen) atoms. The summed E-state index contributed by atoms with van der Waals surface area (Å²) in [5.74, 6) is -0.940. The Labute approximate surface area is 161 Å². The summed E-state index contributed by atoms with van der Waals surface area (Å²) in [5, 5.41) is 2.70. The molecule has 0 bridgehead atoms. The van der Waals surface area contributed by atoms with Crippen LogP contribution in [0.15, 0.2) is 71.9 Å². The van der Waals surface area contributed by atoms with E-state index in [0.29, 0.717) is 11.1 Å². The van der Waals surface area contributed by atoms with Gasteiger partial charge in [-0.2, -0.15) is 0 Å². The van der Waals surface area contributed by atoms with Crippen molar-refractivity contribution in [3.63, 3.8) is 0 Å². The van der Waals surface area contributed by atoms with Crippen LogP contribution < -0.4 is 9.62 Å². The van der Waals surface area contributed by atoms with Gasteiger partial charge in [0.25, 0.3) is 10.0 Å². The van der Waals surface area contributed by atoms with Gasteiger partial charge >= 0.3 is 0 Å². The fraction of sp³-hybridized carbons (Fsp3) is 0.100. The van der Waals surface area contributed by atoms with Crippen LogP contribution in [-0.2, 0) is 21.4 Å². The molecule has 8 heteroatoms. The molecular weight excluding hydrogens is 381 g/mol.